The van der Waals surface area contributed by atoms with Gasteiger partial charge in [-0.3, -0.25) is 9.58 Å². The summed E-state index contributed by atoms with van der Waals surface area (Å²) < 4.78 is 28.5. The smallest absolute Gasteiger partial charge is 0.145 e. The molecule has 0 bridgehead atoms. The van der Waals surface area contributed by atoms with Crippen LogP contribution in [0.4, 0.5) is 14.6 Å². The number of halogens is 2. The highest BCUT2D eigenvalue weighted by Crippen LogP contribution is 2.24. The number of likely N-dealkylation sites (tertiary alicyclic amines) is 1. The Labute approximate surface area is 122 Å². The first-order chi connectivity index (χ1) is 10.1. The Morgan fingerprint density at radius 1 is 1.19 bits per heavy atom. The molecule has 2 N–H and O–H groups in total. The summed E-state index contributed by atoms with van der Waals surface area (Å²) in [6.45, 7) is 2.24. The summed E-state index contributed by atoms with van der Waals surface area (Å²) in [5, 5.41) is 4.24. The molecule has 0 unspecified atom stereocenters. The zero-order valence-corrected chi connectivity index (χ0v) is 11.7. The number of anilines is 1. The van der Waals surface area contributed by atoms with Gasteiger partial charge in [-0.05, 0) is 25.0 Å². The van der Waals surface area contributed by atoms with Crippen LogP contribution < -0.4 is 5.73 Å². The Morgan fingerprint density at radius 3 is 2.57 bits per heavy atom. The Bertz CT molecular complexity index is 618. The highest BCUT2D eigenvalue weighted by molar-refractivity contribution is 5.24. The number of nitrogen functional groups attached to an aromatic ring is 1. The monoisotopic (exact) mass is 292 g/mol. The topological polar surface area (TPSA) is 47.1 Å². The van der Waals surface area contributed by atoms with Gasteiger partial charge in [0, 0.05) is 37.5 Å². The number of hydrogen-bond acceptors (Lipinski definition) is 3. The van der Waals surface area contributed by atoms with Crippen molar-refractivity contribution in [2.75, 3.05) is 18.8 Å². The summed E-state index contributed by atoms with van der Waals surface area (Å²) in [5.74, 6) is -0.478. The molecule has 0 aliphatic carbocycles. The molecule has 0 saturated carbocycles. The lowest BCUT2D eigenvalue weighted by atomic mass is 10.0. The molecule has 0 amide bonds. The fraction of sp³-hybridized carbons (Fsp3) is 0.400. The molecule has 1 aromatic carbocycles. The summed E-state index contributed by atoms with van der Waals surface area (Å²) in [7, 11) is 0. The second-order valence-electron chi connectivity index (χ2n) is 5.46. The predicted molar refractivity (Wildman–Crippen MR) is 76.5 cm³/mol. The van der Waals surface area contributed by atoms with E-state index in [-0.39, 0.29) is 0 Å². The van der Waals surface area contributed by atoms with E-state index in [1.165, 1.54) is 12.1 Å². The summed E-state index contributed by atoms with van der Waals surface area (Å²) in [5.41, 5.74) is 6.17. The van der Waals surface area contributed by atoms with Gasteiger partial charge in [0.2, 0.25) is 0 Å². The van der Waals surface area contributed by atoms with Crippen molar-refractivity contribution in [3.05, 3.63) is 47.7 Å². The van der Waals surface area contributed by atoms with Crippen molar-refractivity contribution in [1.82, 2.24) is 14.7 Å². The van der Waals surface area contributed by atoms with Gasteiger partial charge in [-0.25, -0.2) is 8.78 Å². The van der Waals surface area contributed by atoms with Gasteiger partial charge in [-0.1, -0.05) is 6.07 Å². The minimum Gasteiger partial charge on any atom is -0.382 e. The summed E-state index contributed by atoms with van der Waals surface area (Å²) in [4.78, 5) is 2.18. The number of nitrogens with two attached hydrogens (primary N) is 1. The molecule has 1 saturated heterocycles. The SMILES string of the molecule is Nc1ccn(C2CCN(Cc3ccc(F)cc3F)CC2)n1. The molecular formula is C15H18F2N4. The van der Waals surface area contributed by atoms with Crippen LogP contribution in [0.15, 0.2) is 30.5 Å². The minimum atomic E-state index is -0.536. The van der Waals surface area contributed by atoms with E-state index in [0.29, 0.717) is 24.0 Å². The third-order valence-electron chi connectivity index (χ3n) is 3.97. The molecule has 0 atom stereocenters. The van der Waals surface area contributed by atoms with Gasteiger partial charge in [-0.15, -0.1) is 0 Å². The molecule has 21 heavy (non-hydrogen) atoms. The summed E-state index contributed by atoms with van der Waals surface area (Å²) in [6.07, 6.45) is 3.79. The highest BCUT2D eigenvalue weighted by atomic mass is 19.1. The number of nitrogens with zero attached hydrogens (tertiary/aromatic N) is 3. The van der Waals surface area contributed by atoms with Crippen LogP contribution in [-0.2, 0) is 6.54 Å². The van der Waals surface area contributed by atoms with Gasteiger partial charge in [-0.2, -0.15) is 5.10 Å². The van der Waals surface area contributed by atoms with Crippen LogP contribution in [0, 0.1) is 11.6 Å². The maximum absolute atomic E-state index is 13.7. The van der Waals surface area contributed by atoms with Gasteiger partial charge in [0.25, 0.3) is 0 Å². The van der Waals surface area contributed by atoms with Crippen molar-refractivity contribution < 1.29 is 8.78 Å². The first-order valence-corrected chi connectivity index (χ1v) is 7.09. The number of aromatic nitrogens is 2. The number of rotatable bonds is 3. The van der Waals surface area contributed by atoms with Crippen LogP contribution in [0.5, 0.6) is 0 Å². The van der Waals surface area contributed by atoms with Crippen LogP contribution in [0.3, 0.4) is 0 Å². The van der Waals surface area contributed by atoms with Gasteiger partial charge in [0.1, 0.15) is 17.5 Å². The quantitative estimate of drug-likeness (QED) is 0.946. The first kappa shape index (κ1) is 14.0. The van der Waals surface area contributed by atoms with Gasteiger partial charge in [0.15, 0.2) is 0 Å². The van der Waals surface area contributed by atoms with E-state index in [1.807, 2.05) is 10.9 Å². The molecule has 1 fully saturated rings. The standard InChI is InChI=1S/C15H18F2N4/c16-12-2-1-11(14(17)9-12)10-20-6-3-13(4-7-20)21-8-5-15(18)19-21/h1-2,5,8-9,13H,3-4,6-7,10H2,(H2,18,19). The molecule has 112 valence electrons. The summed E-state index contributed by atoms with van der Waals surface area (Å²) >= 11 is 0. The average Bonchev–Trinajstić information content (AvgIpc) is 2.89. The van der Waals surface area contributed by atoms with E-state index in [2.05, 4.69) is 10.00 Å². The molecule has 4 nitrogen and oxygen atoms in total. The largest absolute Gasteiger partial charge is 0.382 e. The third kappa shape index (κ3) is 3.21. The first-order valence-electron chi connectivity index (χ1n) is 7.09. The van der Waals surface area contributed by atoms with E-state index in [1.54, 1.807) is 6.07 Å². The molecule has 6 heteroatoms. The van der Waals surface area contributed by atoms with E-state index in [9.17, 15) is 8.78 Å². The fourth-order valence-electron chi connectivity index (χ4n) is 2.79. The zero-order valence-electron chi connectivity index (χ0n) is 11.7. The number of piperidine rings is 1. The van der Waals surface area contributed by atoms with Crippen LogP contribution in [-0.4, -0.2) is 27.8 Å². The molecular weight excluding hydrogens is 274 g/mol. The lowest BCUT2D eigenvalue weighted by Crippen LogP contribution is -2.34. The molecule has 0 radical (unpaired) electrons. The number of benzene rings is 1. The Kier molecular flexibility index (Phi) is 3.88. The maximum atomic E-state index is 13.7. The van der Waals surface area contributed by atoms with Crippen molar-refractivity contribution in [3.63, 3.8) is 0 Å². The lowest BCUT2D eigenvalue weighted by molar-refractivity contribution is 0.172. The van der Waals surface area contributed by atoms with E-state index < -0.39 is 11.6 Å². The van der Waals surface area contributed by atoms with Crippen LogP contribution in [0.1, 0.15) is 24.4 Å². The fourth-order valence-corrected chi connectivity index (χ4v) is 2.79. The van der Waals surface area contributed by atoms with E-state index in [0.717, 1.165) is 32.0 Å². The average molecular weight is 292 g/mol. The lowest BCUT2D eigenvalue weighted by Gasteiger charge is -2.32. The van der Waals surface area contributed by atoms with Gasteiger partial charge in [0.05, 0.1) is 6.04 Å². The zero-order chi connectivity index (χ0) is 14.8. The molecule has 2 aromatic rings. The molecule has 3 rings (SSSR count). The predicted octanol–water partition coefficient (Wildman–Crippen LogP) is 2.58. The molecule has 2 heterocycles. The molecule has 0 spiro atoms. The summed E-state index contributed by atoms with van der Waals surface area (Å²) in [6, 6.07) is 5.90. The van der Waals surface area contributed by atoms with E-state index >= 15 is 0 Å². The highest BCUT2D eigenvalue weighted by Gasteiger charge is 2.21. The Morgan fingerprint density at radius 2 is 1.95 bits per heavy atom. The third-order valence-corrected chi connectivity index (χ3v) is 3.97. The van der Waals surface area contributed by atoms with E-state index in [4.69, 9.17) is 5.73 Å². The Hall–Kier alpha value is -1.95. The minimum absolute atomic E-state index is 0.344. The van der Waals surface area contributed by atoms with Crippen molar-refractivity contribution in [1.29, 1.82) is 0 Å². The molecule has 1 aliphatic rings. The van der Waals surface area contributed by atoms with Crippen LogP contribution in [0.25, 0.3) is 0 Å². The maximum Gasteiger partial charge on any atom is 0.145 e. The molecule has 1 aliphatic heterocycles. The van der Waals surface area contributed by atoms with Crippen molar-refractivity contribution in [2.45, 2.75) is 25.4 Å². The number of hydrogen-bond donors (Lipinski definition) is 1. The second kappa shape index (κ2) is 5.81. The van der Waals surface area contributed by atoms with Crippen molar-refractivity contribution >= 4 is 5.82 Å². The van der Waals surface area contributed by atoms with Crippen LogP contribution in [0.2, 0.25) is 0 Å². The Balaban J connectivity index is 1.58. The molecule has 1 aromatic heterocycles. The van der Waals surface area contributed by atoms with Crippen molar-refractivity contribution in [3.8, 4) is 0 Å². The normalized spacial score (nSPS) is 17.2. The van der Waals surface area contributed by atoms with Crippen molar-refractivity contribution in [2.24, 2.45) is 0 Å². The second-order valence-corrected chi connectivity index (χ2v) is 5.46. The van der Waals surface area contributed by atoms with Gasteiger partial charge >= 0.3 is 0 Å². The van der Waals surface area contributed by atoms with Gasteiger partial charge < -0.3 is 5.73 Å². The van der Waals surface area contributed by atoms with Crippen LogP contribution >= 0.6 is 0 Å².